The average molecular weight is 357 g/mol. The number of nitrogens with one attached hydrogen (secondary N) is 1. The topological polar surface area (TPSA) is 58.6 Å². The lowest BCUT2D eigenvalue weighted by molar-refractivity contribution is -0.150. The molecular formula is C17H22ClFN2O3. The second-order valence-corrected chi connectivity index (χ2v) is 6.31. The van der Waals surface area contributed by atoms with Crippen LogP contribution in [-0.2, 0) is 14.3 Å². The van der Waals surface area contributed by atoms with Gasteiger partial charge in [0.15, 0.2) is 0 Å². The van der Waals surface area contributed by atoms with Crippen LogP contribution in [0.2, 0.25) is 5.02 Å². The number of nitrogens with zero attached hydrogens (tertiary/aromatic N) is 1. The van der Waals surface area contributed by atoms with E-state index in [0.717, 1.165) is 18.9 Å². The third-order valence-electron chi connectivity index (χ3n) is 4.19. The van der Waals surface area contributed by atoms with Crippen LogP contribution in [0.4, 0.5) is 10.1 Å². The van der Waals surface area contributed by atoms with E-state index < -0.39 is 11.9 Å². The summed E-state index contributed by atoms with van der Waals surface area (Å²) in [4.78, 5) is 26.2. The Kier molecular flexibility index (Phi) is 6.57. The van der Waals surface area contributed by atoms with Crippen molar-refractivity contribution < 1.29 is 18.7 Å². The first-order valence-electron chi connectivity index (χ1n) is 8.09. The lowest BCUT2D eigenvalue weighted by Gasteiger charge is -2.35. The first-order valence-corrected chi connectivity index (χ1v) is 8.46. The number of carbonyl (C=O) groups excluding carboxylic acids is 2. The van der Waals surface area contributed by atoms with Crippen LogP contribution in [0.5, 0.6) is 0 Å². The molecule has 0 saturated carbocycles. The smallest absolute Gasteiger partial charge is 0.310 e. The van der Waals surface area contributed by atoms with Crippen LogP contribution in [0.1, 0.15) is 26.7 Å². The zero-order valence-electron chi connectivity index (χ0n) is 13.9. The second kappa shape index (κ2) is 8.44. The summed E-state index contributed by atoms with van der Waals surface area (Å²) >= 11 is 5.70. The quantitative estimate of drug-likeness (QED) is 0.824. The van der Waals surface area contributed by atoms with E-state index in [4.69, 9.17) is 16.3 Å². The predicted molar refractivity (Wildman–Crippen MR) is 90.4 cm³/mol. The number of likely N-dealkylation sites (tertiary alicyclic amines) is 1. The largest absolute Gasteiger partial charge is 0.466 e. The van der Waals surface area contributed by atoms with Gasteiger partial charge in [-0.2, -0.15) is 0 Å². The van der Waals surface area contributed by atoms with Gasteiger partial charge in [-0.3, -0.25) is 14.5 Å². The molecule has 0 spiro atoms. The SMILES string of the molecule is CCOC(=O)[C@@H]1CCCN([C@@H](C)C(=O)Nc2ccc(Cl)cc2F)C1. The Morgan fingerprint density at radius 2 is 2.25 bits per heavy atom. The molecule has 1 aliphatic rings. The van der Waals surface area contributed by atoms with Crippen LogP contribution in [0.15, 0.2) is 18.2 Å². The van der Waals surface area contributed by atoms with Crippen LogP contribution < -0.4 is 5.32 Å². The predicted octanol–water partition coefficient (Wildman–Crippen LogP) is 3.08. The number of hydrogen-bond donors (Lipinski definition) is 1. The molecule has 1 aliphatic heterocycles. The molecule has 7 heteroatoms. The minimum Gasteiger partial charge on any atom is -0.466 e. The Balaban J connectivity index is 1.98. The first kappa shape index (κ1) is 18.7. The number of carbonyl (C=O) groups is 2. The molecule has 1 fully saturated rings. The van der Waals surface area contributed by atoms with Crippen LogP contribution >= 0.6 is 11.6 Å². The van der Waals surface area contributed by atoms with Crippen LogP contribution in [0, 0.1) is 11.7 Å². The molecular weight excluding hydrogens is 335 g/mol. The number of esters is 1. The molecule has 2 rings (SSSR count). The number of amides is 1. The van der Waals surface area contributed by atoms with Crippen molar-refractivity contribution in [1.82, 2.24) is 4.90 Å². The number of halogens is 2. The number of rotatable bonds is 5. The second-order valence-electron chi connectivity index (χ2n) is 5.88. The molecule has 1 amide bonds. The van der Waals surface area contributed by atoms with Gasteiger partial charge < -0.3 is 10.1 Å². The van der Waals surface area contributed by atoms with E-state index in [2.05, 4.69) is 5.32 Å². The van der Waals surface area contributed by atoms with Gasteiger partial charge in [0.2, 0.25) is 5.91 Å². The highest BCUT2D eigenvalue weighted by molar-refractivity contribution is 6.30. The third-order valence-corrected chi connectivity index (χ3v) is 4.42. The summed E-state index contributed by atoms with van der Waals surface area (Å²) in [6, 6.07) is 3.62. The Bertz CT molecular complexity index is 611. The molecule has 0 aromatic heterocycles. The van der Waals surface area contributed by atoms with E-state index in [-0.39, 0.29) is 28.5 Å². The number of benzene rings is 1. The fourth-order valence-corrected chi connectivity index (χ4v) is 2.96. The summed E-state index contributed by atoms with van der Waals surface area (Å²) in [5.74, 6) is -1.34. The summed E-state index contributed by atoms with van der Waals surface area (Å²) in [5, 5.41) is 2.84. The van der Waals surface area contributed by atoms with Crippen molar-refractivity contribution >= 4 is 29.2 Å². The van der Waals surface area contributed by atoms with E-state index in [0.29, 0.717) is 19.7 Å². The zero-order chi connectivity index (χ0) is 17.7. The van der Waals surface area contributed by atoms with E-state index in [1.165, 1.54) is 12.1 Å². The molecule has 1 aromatic carbocycles. The molecule has 5 nitrogen and oxygen atoms in total. The number of ether oxygens (including phenoxy) is 1. The van der Waals surface area contributed by atoms with Gasteiger partial charge >= 0.3 is 5.97 Å². The van der Waals surface area contributed by atoms with Crippen molar-refractivity contribution in [3.05, 3.63) is 29.0 Å². The summed E-state index contributed by atoms with van der Waals surface area (Å²) in [6.45, 7) is 5.05. The Morgan fingerprint density at radius 3 is 2.92 bits per heavy atom. The van der Waals surface area contributed by atoms with E-state index in [1.807, 2.05) is 4.90 Å². The molecule has 1 N–H and O–H groups in total. The number of piperidine rings is 1. The molecule has 1 aromatic rings. The van der Waals surface area contributed by atoms with Crippen LogP contribution in [0.25, 0.3) is 0 Å². The minimum atomic E-state index is -0.578. The van der Waals surface area contributed by atoms with Gasteiger partial charge in [0.1, 0.15) is 5.82 Å². The van der Waals surface area contributed by atoms with Crippen molar-refractivity contribution in [2.24, 2.45) is 5.92 Å². The third kappa shape index (κ3) is 4.68. The highest BCUT2D eigenvalue weighted by Crippen LogP contribution is 2.22. The molecule has 0 aliphatic carbocycles. The average Bonchev–Trinajstić information content (AvgIpc) is 2.57. The van der Waals surface area contributed by atoms with Gasteiger partial charge in [-0.25, -0.2) is 4.39 Å². The highest BCUT2D eigenvalue weighted by atomic mass is 35.5. The van der Waals surface area contributed by atoms with Gasteiger partial charge in [-0.05, 0) is 51.4 Å². The number of anilines is 1. The summed E-state index contributed by atoms with van der Waals surface area (Å²) in [6.07, 6.45) is 1.58. The van der Waals surface area contributed by atoms with E-state index >= 15 is 0 Å². The normalized spacial score (nSPS) is 19.6. The standard InChI is InChI=1S/C17H22ClFN2O3/c1-3-24-17(23)12-5-4-8-21(10-12)11(2)16(22)20-15-7-6-13(18)9-14(15)19/h6-7,9,11-12H,3-5,8,10H2,1-2H3,(H,20,22)/t11-,12+/m0/s1. The van der Waals surface area contributed by atoms with Gasteiger partial charge in [-0.1, -0.05) is 11.6 Å². The van der Waals surface area contributed by atoms with Crippen molar-refractivity contribution in [2.75, 3.05) is 25.0 Å². The fraction of sp³-hybridized carbons (Fsp3) is 0.529. The molecule has 1 saturated heterocycles. The maximum atomic E-state index is 13.8. The molecule has 1 heterocycles. The van der Waals surface area contributed by atoms with Gasteiger partial charge in [0.25, 0.3) is 0 Å². The van der Waals surface area contributed by atoms with Crippen LogP contribution in [0.3, 0.4) is 0 Å². The molecule has 0 radical (unpaired) electrons. The molecule has 0 unspecified atom stereocenters. The minimum absolute atomic E-state index is 0.0928. The summed E-state index contributed by atoms with van der Waals surface area (Å²) < 4.78 is 18.9. The van der Waals surface area contributed by atoms with E-state index in [9.17, 15) is 14.0 Å². The monoisotopic (exact) mass is 356 g/mol. The first-order chi connectivity index (χ1) is 11.4. The van der Waals surface area contributed by atoms with Gasteiger partial charge in [0, 0.05) is 11.6 Å². The van der Waals surface area contributed by atoms with Gasteiger partial charge in [-0.15, -0.1) is 0 Å². The van der Waals surface area contributed by atoms with Crippen molar-refractivity contribution in [1.29, 1.82) is 0 Å². The van der Waals surface area contributed by atoms with E-state index in [1.54, 1.807) is 13.8 Å². The molecule has 24 heavy (non-hydrogen) atoms. The fourth-order valence-electron chi connectivity index (χ4n) is 2.80. The van der Waals surface area contributed by atoms with Crippen molar-refractivity contribution in [3.8, 4) is 0 Å². The molecule has 2 atom stereocenters. The van der Waals surface area contributed by atoms with Gasteiger partial charge in [0.05, 0.1) is 24.3 Å². The van der Waals surface area contributed by atoms with Crippen LogP contribution in [-0.4, -0.2) is 42.5 Å². The Hall–Kier alpha value is -1.66. The molecule has 0 bridgehead atoms. The summed E-state index contributed by atoms with van der Waals surface area (Å²) in [5.41, 5.74) is 0.0928. The number of hydrogen-bond acceptors (Lipinski definition) is 4. The maximum Gasteiger partial charge on any atom is 0.310 e. The zero-order valence-corrected chi connectivity index (χ0v) is 14.6. The lowest BCUT2D eigenvalue weighted by atomic mass is 9.97. The maximum absolute atomic E-state index is 13.8. The van der Waals surface area contributed by atoms with Crippen molar-refractivity contribution in [3.63, 3.8) is 0 Å². The molecule has 132 valence electrons. The Labute approximate surface area is 146 Å². The highest BCUT2D eigenvalue weighted by Gasteiger charge is 2.31. The summed E-state index contributed by atoms with van der Waals surface area (Å²) in [7, 11) is 0. The van der Waals surface area contributed by atoms with Crippen molar-refractivity contribution in [2.45, 2.75) is 32.7 Å². The Morgan fingerprint density at radius 1 is 1.50 bits per heavy atom. The lowest BCUT2D eigenvalue weighted by Crippen LogP contribution is -2.48.